The lowest BCUT2D eigenvalue weighted by molar-refractivity contribution is 0.0939. The molecule has 0 bridgehead atoms. The van der Waals surface area contributed by atoms with E-state index in [9.17, 15) is 4.79 Å². The van der Waals surface area contributed by atoms with Crippen molar-refractivity contribution in [3.8, 4) is 0 Å². The van der Waals surface area contributed by atoms with Crippen molar-refractivity contribution >= 4 is 5.91 Å². The second-order valence-corrected chi connectivity index (χ2v) is 6.40. The van der Waals surface area contributed by atoms with E-state index in [1.807, 2.05) is 37.2 Å². The van der Waals surface area contributed by atoms with Gasteiger partial charge in [0.15, 0.2) is 0 Å². The average molecular weight is 312 g/mol. The highest BCUT2D eigenvalue weighted by Gasteiger charge is 2.19. The van der Waals surface area contributed by atoms with Crippen molar-refractivity contribution in [3.05, 3.63) is 59.0 Å². The number of carbonyl (C=O) groups is 1. The first-order valence-electron chi connectivity index (χ1n) is 8.25. The molecular formula is C19H24N2O2. The van der Waals surface area contributed by atoms with Crippen LogP contribution in [0.3, 0.4) is 0 Å². The minimum atomic E-state index is -0.0169. The van der Waals surface area contributed by atoms with Gasteiger partial charge in [-0.15, -0.1) is 0 Å². The molecule has 122 valence electrons. The molecule has 1 N–H and O–H groups in total. The Balaban J connectivity index is 1.67. The van der Waals surface area contributed by atoms with Gasteiger partial charge in [0.2, 0.25) is 0 Å². The zero-order valence-corrected chi connectivity index (χ0v) is 13.8. The topological polar surface area (TPSA) is 45.5 Å². The molecule has 0 saturated carbocycles. The smallest absolute Gasteiger partial charge is 0.251 e. The first-order chi connectivity index (χ1) is 11.1. The first-order valence-corrected chi connectivity index (χ1v) is 8.25. The summed E-state index contributed by atoms with van der Waals surface area (Å²) in [5, 5.41) is 3.03. The fraction of sp³-hybridized carbons (Fsp3) is 0.421. The van der Waals surface area contributed by atoms with Crippen molar-refractivity contribution in [3.63, 3.8) is 0 Å². The van der Waals surface area contributed by atoms with Gasteiger partial charge in [0, 0.05) is 12.1 Å². The molecule has 1 aliphatic carbocycles. The summed E-state index contributed by atoms with van der Waals surface area (Å²) >= 11 is 0. The highest BCUT2D eigenvalue weighted by atomic mass is 16.3. The van der Waals surface area contributed by atoms with E-state index in [1.54, 1.807) is 6.26 Å². The van der Waals surface area contributed by atoms with Crippen LogP contribution in [0.15, 0.2) is 41.0 Å². The molecule has 3 rings (SSSR count). The maximum atomic E-state index is 12.5. The third kappa shape index (κ3) is 3.64. The zero-order chi connectivity index (χ0) is 16.2. The Bertz CT molecular complexity index is 662. The van der Waals surface area contributed by atoms with Gasteiger partial charge in [-0.1, -0.05) is 6.07 Å². The molecule has 2 aromatic rings. The summed E-state index contributed by atoms with van der Waals surface area (Å²) in [6.45, 7) is 0.524. The molecular weight excluding hydrogens is 288 g/mol. The standard InChI is InChI=1S/C19H24N2O2/c1-21(2)17(18-8-5-11-23-18)13-20-19(22)16-10-9-14-6-3-4-7-15(14)12-16/h5,8-12,17H,3-4,6-7,13H2,1-2H3,(H,20,22). The highest BCUT2D eigenvalue weighted by Crippen LogP contribution is 2.22. The summed E-state index contributed by atoms with van der Waals surface area (Å²) in [6, 6.07) is 9.96. The Labute approximate surface area is 137 Å². The van der Waals surface area contributed by atoms with Gasteiger partial charge in [0.25, 0.3) is 5.91 Å². The van der Waals surface area contributed by atoms with Gasteiger partial charge < -0.3 is 9.73 Å². The number of hydrogen-bond acceptors (Lipinski definition) is 3. The van der Waals surface area contributed by atoms with Crippen molar-refractivity contribution in [2.45, 2.75) is 31.7 Å². The minimum absolute atomic E-state index is 0.0169. The molecule has 23 heavy (non-hydrogen) atoms. The Kier molecular flexibility index (Phi) is 4.82. The predicted octanol–water partition coefficient (Wildman–Crippen LogP) is 3.19. The number of fused-ring (bicyclic) bond motifs is 1. The van der Waals surface area contributed by atoms with Crippen LogP contribution in [-0.2, 0) is 12.8 Å². The van der Waals surface area contributed by atoms with E-state index in [2.05, 4.69) is 17.4 Å². The van der Waals surface area contributed by atoms with E-state index in [4.69, 9.17) is 4.42 Å². The summed E-state index contributed by atoms with van der Waals surface area (Å²) in [7, 11) is 3.97. The van der Waals surface area contributed by atoms with E-state index >= 15 is 0 Å². The third-order valence-electron chi connectivity index (χ3n) is 4.56. The molecule has 0 aliphatic heterocycles. The van der Waals surface area contributed by atoms with Crippen LogP contribution in [0.25, 0.3) is 0 Å². The number of furan rings is 1. The fourth-order valence-electron chi connectivity index (χ4n) is 3.18. The van der Waals surface area contributed by atoms with Gasteiger partial charge in [-0.05, 0) is 75.2 Å². The van der Waals surface area contributed by atoms with E-state index < -0.39 is 0 Å². The van der Waals surface area contributed by atoms with Crippen molar-refractivity contribution in [1.82, 2.24) is 10.2 Å². The van der Waals surface area contributed by atoms with Crippen molar-refractivity contribution in [2.24, 2.45) is 0 Å². The van der Waals surface area contributed by atoms with Crippen LogP contribution in [0.1, 0.15) is 46.1 Å². The lowest BCUT2D eigenvalue weighted by atomic mass is 9.90. The molecule has 0 fully saturated rings. The molecule has 0 saturated heterocycles. The monoisotopic (exact) mass is 312 g/mol. The van der Waals surface area contributed by atoms with Gasteiger partial charge in [0.1, 0.15) is 5.76 Å². The molecule has 0 spiro atoms. The molecule has 1 aromatic carbocycles. The maximum absolute atomic E-state index is 12.5. The molecule has 1 atom stereocenters. The molecule has 4 heteroatoms. The van der Waals surface area contributed by atoms with Crippen LogP contribution in [0.4, 0.5) is 0 Å². The summed E-state index contributed by atoms with van der Waals surface area (Å²) < 4.78 is 5.48. The van der Waals surface area contributed by atoms with Crippen LogP contribution in [-0.4, -0.2) is 31.4 Å². The number of hydrogen-bond donors (Lipinski definition) is 1. The highest BCUT2D eigenvalue weighted by molar-refractivity contribution is 5.94. The summed E-state index contributed by atoms with van der Waals surface area (Å²) in [5.41, 5.74) is 3.48. The van der Waals surface area contributed by atoms with E-state index in [0.29, 0.717) is 6.54 Å². The largest absolute Gasteiger partial charge is 0.468 e. The summed E-state index contributed by atoms with van der Waals surface area (Å²) in [4.78, 5) is 14.5. The number of carbonyl (C=O) groups excluding carboxylic acids is 1. The van der Waals surface area contributed by atoms with Crippen LogP contribution < -0.4 is 5.32 Å². The van der Waals surface area contributed by atoms with Crippen molar-refractivity contribution in [2.75, 3.05) is 20.6 Å². The molecule has 1 heterocycles. The molecule has 1 aliphatic rings. The number of aryl methyl sites for hydroxylation is 2. The molecule has 1 unspecified atom stereocenters. The lowest BCUT2D eigenvalue weighted by Gasteiger charge is -2.23. The quantitative estimate of drug-likeness (QED) is 0.922. The van der Waals surface area contributed by atoms with Gasteiger partial charge in [-0.25, -0.2) is 0 Å². The number of nitrogens with one attached hydrogen (secondary N) is 1. The number of benzene rings is 1. The van der Waals surface area contributed by atoms with Gasteiger partial charge in [-0.3, -0.25) is 9.69 Å². The predicted molar refractivity (Wildman–Crippen MR) is 90.6 cm³/mol. The second-order valence-electron chi connectivity index (χ2n) is 6.40. The van der Waals surface area contributed by atoms with Crippen molar-refractivity contribution < 1.29 is 9.21 Å². The van der Waals surface area contributed by atoms with Gasteiger partial charge in [0.05, 0.1) is 12.3 Å². The third-order valence-corrected chi connectivity index (χ3v) is 4.56. The average Bonchev–Trinajstić information content (AvgIpc) is 3.08. The minimum Gasteiger partial charge on any atom is -0.468 e. The zero-order valence-electron chi connectivity index (χ0n) is 13.8. The SMILES string of the molecule is CN(C)C(CNC(=O)c1ccc2c(c1)CCCC2)c1ccco1. The van der Waals surface area contributed by atoms with Crippen LogP contribution in [0.2, 0.25) is 0 Å². The van der Waals surface area contributed by atoms with E-state index in [1.165, 1.54) is 24.0 Å². The normalized spacial score (nSPS) is 15.3. The maximum Gasteiger partial charge on any atom is 0.251 e. The lowest BCUT2D eigenvalue weighted by Crippen LogP contribution is -2.34. The molecule has 1 aromatic heterocycles. The number of amides is 1. The van der Waals surface area contributed by atoms with Crippen LogP contribution in [0.5, 0.6) is 0 Å². The van der Waals surface area contributed by atoms with Crippen LogP contribution >= 0.6 is 0 Å². The number of rotatable bonds is 5. The first kappa shape index (κ1) is 15.8. The Morgan fingerprint density at radius 2 is 2.00 bits per heavy atom. The molecule has 4 nitrogen and oxygen atoms in total. The van der Waals surface area contributed by atoms with Gasteiger partial charge >= 0.3 is 0 Å². The van der Waals surface area contributed by atoms with Gasteiger partial charge in [-0.2, -0.15) is 0 Å². The van der Waals surface area contributed by atoms with Crippen molar-refractivity contribution in [1.29, 1.82) is 0 Å². The van der Waals surface area contributed by atoms with E-state index in [0.717, 1.165) is 24.2 Å². The number of nitrogens with zero attached hydrogens (tertiary/aromatic N) is 1. The van der Waals surface area contributed by atoms with Crippen LogP contribution in [0, 0.1) is 0 Å². The Morgan fingerprint density at radius 3 is 2.70 bits per heavy atom. The second kappa shape index (κ2) is 7.01. The van der Waals surface area contributed by atoms with E-state index in [-0.39, 0.29) is 11.9 Å². The fourth-order valence-corrected chi connectivity index (χ4v) is 3.18. The number of likely N-dealkylation sites (N-methyl/N-ethyl adjacent to an activating group) is 1. The molecule has 0 radical (unpaired) electrons. The molecule has 1 amide bonds. The summed E-state index contributed by atoms with van der Waals surface area (Å²) in [5.74, 6) is 0.845. The summed E-state index contributed by atoms with van der Waals surface area (Å²) in [6.07, 6.45) is 6.37. The Hall–Kier alpha value is -2.07. The Morgan fingerprint density at radius 1 is 1.22 bits per heavy atom.